The highest BCUT2D eigenvalue weighted by Gasteiger charge is 2.28. The van der Waals surface area contributed by atoms with Gasteiger partial charge in [-0.2, -0.15) is 0 Å². The van der Waals surface area contributed by atoms with E-state index < -0.39 is 11.4 Å². The van der Waals surface area contributed by atoms with Crippen LogP contribution in [0, 0.1) is 12.3 Å². The summed E-state index contributed by atoms with van der Waals surface area (Å²) >= 11 is 0. The number of carbonyl (C=O) groups excluding carboxylic acids is 1. The lowest BCUT2D eigenvalue weighted by atomic mass is 9.93. The fourth-order valence-electron chi connectivity index (χ4n) is 1.70. The third-order valence-corrected chi connectivity index (χ3v) is 3.25. The Bertz CT molecular complexity index is 551. The van der Waals surface area contributed by atoms with E-state index in [1.165, 1.54) is 14.2 Å². The van der Waals surface area contributed by atoms with E-state index in [1.54, 1.807) is 32.9 Å². The fourth-order valence-corrected chi connectivity index (χ4v) is 1.70. The Morgan fingerprint density at radius 1 is 1.19 bits per heavy atom. The maximum absolute atomic E-state index is 12.2. The Balaban J connectivity index is 2.95. The molecule has 6 heteroatoms. The van der Waals surface area contributed by atoms with Crippen LogP contribution in [-0.4, -0.2) is 37.7 Å². The minimum atomic E-state index is -1.03. The molecule has 0 aliphatic rings. The average molecular weight is 295 g/mol. The van der Waals surface area contributed by atoms with Gasteiger partial charge in [-0.15, -0.1) is 0 Å². The number of rotatable bonds is 6. The summed E-state index contributed by atoms with van der Waals surface area (Å²) < 4.78 is 10.3. The molecule has 21 heavy (non-hydrogen) atoms. The van der Waals surface area contributed by atoms with Gasteiger partial charge in [-0.05, 0) is 38.5 Å². The molecule has 1 aromatic carbocycles. The Morgan fingerprint density at radius 3 is 2.19 bits per heavy atom. The zero-order valence-corrected chi connectivity index (χ0v) is 12.9. The molecule has 0 saturated heterocycles. The zero-order chi connectivity index (χ0) is 16.2. The third-order valence-electron chi connectivity index (χ3n) is 3.25. The normalized spacial score (nSPS) is 10.9. The first-order valence-corrected chi connectivity index (χ1v) is 6.47. The molecule has 0 atom stereocenters. The van der Waals surface area contributed by atoms with Crippen molar-refractivity contribution < 1.29 is 24.2 Å². The topological polar surface area (TPSA) is 84.9 Å². The van der Waals surface area contributed by atoms with Crippen LogP contribution in [0.3, 0.4) is 0 Å². The first-order chi connectivity index (χ1) is 9.72. The van der Waals surface area contributed by atoms with Crippen molar-refractivity contribution in [3.8, 4) is 11.5 Å². The van der Waals surface area contributed by atoms with Gasteiger partial charge in [0.25, 0.3) is 5.91 Å². The Morgan fingerprint density at radius 2 is 1.71 bits per heavy atom. The summed E-state index contributed by atoms with van der Waals surface area (Å²) in [4.78, 5) is 23.2. The minimum absolute atomic E-state index is 0.0367. The summed E-state index contributed by atoms with van der Waals surface area (Å²) in [5.74, 6) is -0.322. The Labute approximate surface area is 124 Å². The molecule has 0 saturated carbocycles. The molecule has 2 N–H and O–H groups in total. The van der Waals surface area contributed by atoms with Crippen LogP contribution >= 0.6 is 0 Å². The van der Waals surface area contributed by atoms with Crippen molar-refractivity contribution in [1.29, 1.82) is 0 Å². The minimum Gasteiger partial charge on any atom is -0.493 e. The number of carboxylic acids is 1. The number of carboxylic acid groups (broad SMARTS) is 1. The summed E-state index contributed by atoms with van der Waals surface area (Å²) in [5.41, 5.74) is 0.118. The summed E-state index contributed by atoms with van der Waals surface area (Å²) in [6, 6.07) is 3.29. The summed E-state index contributed by atoms with van der Waals surface area (Å²) in [7, 11) is 3.01. The van der Waals surface area contributed by atoms with Crippen molar-refractivity contribution in [2.24, 2.45) is 5.41 Å². The molecule has 0 bridgehead atoms. The number of aryl methyl sites for hydroxylation is 1. The second kappa shape index (κ2) is 6.47. The number of aliphatic carboxylic acids is 1. The smallest absolute Gasteiger partial charge is 0.310 e. The maximum Gasteiger partial charge on any atom is 0.310 e. The molecule has 6 nitrogen and oxygen atoms in total. The molecule has 0 aliphatic heterocycles. The molecule has 0 heterocycles. The first-order valence-electron chi connectivity index (χ1n) is 6.47. The summed E-state index contributed by atoms with van der Waals surface area (Å²) in [6.45, 7) is 4.92. The van der Waals surface area contributed by atoms with Gasteiger partial charge in [0.15, 0.2) is 11.5 Å². The average Bonchev–Trinajstić information content (AvgIpc) is 2.44. The number of amides is 1. The maximum atomic E-state index is 12.2. The van der Waals surface area contributed by atoms with Gasteiger partial charge in [-0.1, -0.05) is 0 Å². The lowest BCUT2D eigenvalue weighted by Crippen LogP contribution is -2.39. The van der Waals surface area contributed by atoms with E-state index in [0.717, 1.165) is 5.56 Å². The molecule has 116 valence electrons. The van der Waals surface area contributed by atoms with Gasteiger partial charge < -0.3 is 19.9 Å². The number of benzene rings is 1. The second-order valence-electron chi connectivity index (χ2n) is 5.39. The number of hydrogen-bond acceptors (Lipinski definition) is 4. The molecule has 0 aromatic heterocycles. The van der Waals surface area contributed by atoms with Gasteiger partial charge in [0.1, 0.15) is 0 Å². The van der Waals surface area contributed by atoms with Crippen molar-refractivity contribution in [2.45, 2.75) is 20.8 Å². The van der Waals surface area contributed by atoms with Gasteiger partial charge in [-0.3, -0.25) is 9.59 Å². The van der Waals surface area contributed by atoms with Gasteiger partial charge in [0, 0.05) is 12.1 Å². The summed E-state index contributed by atoms with van der Waals surface area (Å²) in [6.07, 6.45) is 0. The first kappa shape index (κ1) is 16.8. The predicted molar refractivity (Wildman–Crippen MR) is 78.0 cm³/mol. The van der Waals surface area contributed by atoms with Gasteiger partial charge >= 0.3 is 5.97 Å². The van der Waals surface area contributed by atoms with E-state index in [2.05, 4.69) is 5.32 Å². The number of hydrogen-bond donors (Lipinski definition) is 2. The van der Waals surface area contributed by atoms with E-state index in [-0.39, 0.29) is 12.5 Å². The second-order valence-corrected chi connectivity index (χ2v) is 5.39. The highest BCUT2D eigenvalue weighted by atomic mass is 16.5. The highest BCUT2D eigenvalue weighted by molar-refractivity contribution is 5.96. The van der Waals surface area contributed by atoms with Crippen LogP contribution in [0.5, 0.6) is 11.5 Å². The van der Waals surface area contributed by atoms with Crippen molar-refractivity contribution in [1.82, 2.24) is 5.32 Å². The van der Waals surface area contributed by atoms with Crippen LogP contribution < -0.4 is 14.8 Å². The van der Waals surface area contributed by atoms with Crippen LogP contribution in [0.4, 0.5) is 0 Å². The molecule has 0 unspecified atom stereocenters. The SMILES string of the molecule is COc1cc(C)c(C(=O)NCC(C)(C)C(=O)O)cc1OC. The standard InChI is InChI=1S/C15H21NO5/c1-9-6-11(20-4)12(21-5)7-10(9)13(17)16-8-15(2,3)14(18)19/h6-7H,8H2,1-5H3,(H,16,17)(H,18,19). The van der Waals surface area contributed by atoms with Gasteiger partial charge in [0.05, 0.1) is 19.6 Å². The Hall–Kier alpha value is -2.24. The monoisotopic (exact) mass is 295 g/mol. The highest BCUT2D eigenvalue weighted by Crippen LogP contribution is 2.30. The molecular weight excluding hydrogens is 274 g/mol. The van der Waals surface area contributed by atoms with Crippen molar-refractivity contribution >= 4 is 11.9 Å². The lowest BCUT2D eigenvalue weighted by Gasteiger charge is -2.20. The number of ether oxygens (including phenoxy) is 2. The van der Waals surface area contributed by atoms with Gasteiger partial charge in [0.2, 0.25) is 0 Å². The zero-order valence-electron chi connectivity index (χ0n) is 12.9. The molecule has 0 spiro atoms. The predicted octanol–water partition coefficient (Wildman–Crippen LogP) is 1.85. The molecule has 1 aromatic rings. The Kier molecular flexibility index (Phi) is 5.18. The number of methoxy groups -OCH3 is 2. The summed E-state index contributed by atoms with van der Waals surface area (Å²) in [5, 5.41) is 11.7. The van der Waals surface area contributed by atoms with Crippen LogP contribution in [0.1, 0.15) is 29.8 Å². The van der Waals surface area contributed by atoms with E-state index in [9.17, 15) is 9.59 Å². The van der Waals surface area contributed by atoms with Crippen LogP contribution in [0.15, 0.2) is 12.1 Å². The van der Waals surface area contributed by atoms with Crippen molar-refractivity contribution in [3.05, 3.63) is 23.3 Å². The number of nitrogens with one attached hydrogen (secondary N) is 1. The molecule has 0 aliphatic carbocycles. The molecule has 1 rings (SSSR count). The lowest BCUT2D eigenvalue weighted by molar-refractivity contribution is -0.146. The molecular formula is C15H21NO5. The fraction of sp³-hybridized carbons (Fsp3) is 0.467. The van der Waals surface area contributed by atoms with Crippen molar-refractivity contribution in [3.63, 3.8) is 0 Å². The van der Waals surface area contributed by atoms with E-state index >= 15 is 0 Å². The molecule has 0 fully saturated rings. The van der Waals surface area contributed by atoms with E-state index in [4.69, 9.17) is 14.6 Å². The number of carbonyl (C=O) groups is 2. The van der Waals surface area contributed by atoms with E-state index in [0.29, 0.717) is 17.1 Å². The van der Waals surface area contributed by atoms with Crippen LogP contribution in [-0.2, 0) is 4.79 Å². The van der Waals surface area contributed by atoms with Crippen LogP contribution in [0.25, 0.3) is 0 Å². The third kappa shape index (κ3) is 3.87. The van der Waals surface area contributed by atoms with E-state index in [1.807, 2.05) is 0 Å². The molecule has 1 amide bonds. The largest absolute Gasteiger partial charge is 0.493 e. The quantitative estimate of drug-likeness (QED) is 0.836. The van der Waals surface area contributed by atoms with Crippen LogP contribution in [0.2, 0.25) is 0 Å². The van der Waals surface area contributed by atoms with Gasteiger partial charge in [-0.25, -0.2) is 0 Å². The molecule has 0 radical (unpaired) electrons. The van der Waals surface area contributed by atoms with Crippen molar-refractivity contribution in [2.75, 3.05) is 20.8 Å².